The highest BCUT2D eigenvalue weighted by Crippen LogP contribution is 2.48. The number of anilines is 1. The molecule has 0 spiro atoms. The normalized spacial score (nSPS) is 20.4. The molecule has 1 aromatic heterocycles. The number of carbonyl (C=O) groups is 2. The molecular formula is C28H25ClN2O3. The number of amides is 1. The summed E-state index contributed by atoms with van der Waals surface area (Å²) in [5.74, 6) is 0.191. The number of Topliss-reactive ketones (excluding diaryl/α,β-unsaturated/α-hetero) is 1. The number of allylic oxidation sites excluding steroid dienone is 2. The van der Waals surface area contributed by atoms with E-state index < -0.39 is 0 Å². The molecule has 0 radical (unpaired) electrons. The van der Waals surface area contributed by atoms with Gasteiger partial charge in [-0.15, -0.1) is 0 Å². The van der Waals surface area contributed by atoms with Gasteiger partial charge in [0, 0.05) is 53.5 Å². The molecule has 34 heavy (non-hydrogen) atoms. The fourth-order valence-electron chi connectivity index (χ4n) is 5.13. The summed E-state index contributed by atoms with van der Waals surface area (Å²) in [5.41, 5.74) is 4.88. The molecule has 2 aliphatic rings. The molecule has 1 aliphatic carbocycles. The van der Waals surface area contributed by atoms with Crippen molar-refractivity contribution in [1.82, 2.24) is 4.98 Å². The Balaban J connectivity index is 1.70. The Bertz CT molecular complexity index is 1290. The summed E-state index contributed by atoms with van der Waals surface area (Å²) in [6.07, 6.45) is 4.64. The van der Waals surface area contributed by atoms with Crippen molar-refractivity contribution in [2.45, 2.75) is 38.0 Å². The molecule has 1 amide bonds. The molecule has 5 nitrogen and oxygen atoms in total. The Morgan fingerprint density at radius 3 is 2.47 bits per heavy atom. The zero-order chi connectivity index (χ0) is 23.8. The van der Waals surface area contributed by atoms with Crippen LogP contribution in [0.15, 0.2) is 78.3 Å². The van der Waals surface area contributed by atoms with Crippen LogP contribution in [0.25, 0.3) is 0 Å². The minimum atomic E-state index is -0.309. The monoisotopic (exact) mass is 472 g/mol. The second-order valence-electron chi connectivity index (χ2n) is 8.84. The van der Waals surface area contributed by atoms with Gasteiger partial charge in [-0.05, 0) is 48.1 Å². The first-order valence-corrected chi connectivity index (χ1v) is 11.7. The number of ketones is 1. The molecule has 172 valence electrons. The van der Waals surface area contributed by atoms with Crippen molar-refractivity contribution in [1.29, 1.82) is 0 Å². The Morgan fingerprint density at radius 2 is 1.76 bits per heavy atom. The molecule has 0 N–H and O–H groups in total. The number of aromatic nitrogens is 1. The Labute approximate surface area is 204 Å². The zero-order valence-corrected chi connectivity index (χ0v) is 19.9. The molecule has 2 aromatic carbocycles. The number of hydrogen-bond acceptors (Lipinski definition) is 4. The Morgan fingerprint density at radius 1 is 1.00 bits per heavy atom. The first-order valence-electron chi connectivity index (χ1n) is 11.4. The van der Waals surface area contributed by atoms with E-state index in [1.165, 1.54) is 0 Å². The summed E-state index contributed by atoms with van der Waals surface area (Å²) in [7, 11) is 1.56. The number of ether oxygens (including phenoxy) is 1. The maximum atomic E-state index is 13.7. The Hall–Kier alpha value is -3.44. The molecule has 5 rings (SSSR count). The topological polar surface area (TPSA) is 59.5 Å². The van der Waals surface area contributed by atoms with Crippen molar-refractivity contribution in [3.8, 4) is 5.75 Å². The smallest absolute Gasteiger partial charge is 0.232 e. The van der Waals surface area contributed by atoms with E-state index in [1.807, 2.05) is 55.5 Å². The fraction of sp³-hybridized carbons (Fsp3) is 0.250. The van der Waals surface area contributed by atoms with Gasteiger partial charge in [-0.25, -0.2) is 0 Å². The maximum Gasteiger partial charge on any atom is 0.232 e. The van der Waals surface area contributed by atoms with Crippen LogP contribution in [-0.4, -0.2) is 23.8 Å². The summed E-state index contributed by atoms with van der Waals surface area (Å²) in [6.45, 7) is 1.90. The lowest BCUT2D eigenvalue weighted by Gasteiger charge is -2.41. The molecule has 0 saturated carbocycles. The van der Waals surface area contributed by atoms with Gasteiger partial charge < -0.3 is 4.74 Å². The van der Waals surface area contributed by atoms with Crippen molar-refractivity contribution in [2.24, 2.45) is 0 Å². The van der Waals surface area contributed by atoms with Crippen LogP contribution < -0.4 is 9.64 Å². The minimum absolute atomic E-state index is 0.00482. The van der Waals surface area contributed by atoms with Crippen LogP contribution in [0.4, 0.5) is 5.69 Å². The number of aryl methyl sites for hydroxylation is 1. The summed E-state index contributed by atoms with van der Waals surface area (Å²) in [4.78, 5) is 33.3. The second-order valence-corrected chi connectivity index (χ2v) is 9.25. The van der Waals surface area contributed by atoms with Crippen molar-refractivity contribution in [3.63, 3.8) is 0 Å². The second kappa shape index (κ2) is 9.07. The third-order valence-electron chi connectivity index (χ3n) is 6.79. The standard InChI is InChI=1S/C28H25ClN2O3/c1-17-11-23(26(34-2)15-22(17)29)31-24-12-20(18-7-4-3-5-8-18)13-25(32)28(24)21(14-27(31)33)19-9-6-10-30-16-19/h3-11,15-16,20-21H,12-14H2,1-2H3. The number of halogens is 1. The number of pyridine rings is 1. The van der Waals surface area contributed by atoms with Crippen LogP contribution >= 0.6 is 11.6 Å². The van der Waals surface area contributed by atoms with Gasteiger partial charge in [-0.2, -0.15) is 0 Å². The lowest BCUT2D eigenvalue weighted by atomic mass is 9.73. The predicted molar refractivity (Wildman–Crippen MR) is 132 cm³/mol. The summed E-state index contributed by atoms with van der Waals surface area (Å²) in [6, 6.07) is 17.4. The Kier molecular flexibility index (Phi) is 5.96. The molecule has 0 fully saturated rings. The molecule has 0 saturated heterocycles. The number of hydrogen-bond donors (Lipinski definition) is 0. The van der Waals surface area contributed by atoms with Crippen LogP contribution in [0, 0.1) is 6.92 Å². The SMILES string of the molecule is COc1cc(Cl)c(C)cc1N1C(=O)CC(c2cccnc2)C2=C1CC(c1ccccc1)CC2=O. The average Bonchev–Trinajstić information content (AvgIpc) is 2.86. The third kappa shape index (κ3) is 3.90. The number of benzene rings is 2. The highest BCUT2D eigenvalue weighted by molar-refractivity contribution is 6.31. The molecular weight excluding hydrogens is 448 g/mol. The van der Waals surface area contributed by atoms with Gasteiger partial charge in [0.2, 0.25) is 5.91 Å². The molecule has 1 aliphatic heterocycles. The van der Waals surface area contributed by atoms with E-state index >= 15 is 0 Å². The zero-order valence-electron chi connectivity index (χ0n) is 19.1. The van der Waals surface area contributed by atoms with E-state index in [9.17, 15) is 9.59 Å². The van der Waals surface area contributed by atoms with Gasteiger partial charge in [0.15, 0.2) is 5.78 Å². The van der Waals surface area contributed by atoms with Gasteiger partial charge in [0.05, 0.1) is 12.8 Å². The van der Waals surface area contributed by atoms with Gasteiger partial charge in [-0.3, -0.25) is 19.5 Å². The van der Waals surface area contributed by atoms with Crippen LogP contribution in [0.3, 0.4) is 0 Å². The predicted octanol–water partition coefficient (Wildman–Crippen LogP) is 5.97. The van der Waals surface area contributed by atoms with Crippen molar-refractivity contribution in [2.75, 3.05) is 12.0 Å². The molecule has 2 heterocycles. The van der Waals surface area contributed by atoms with E-state index in [0.29, 0.717) is 34.9 Å². The van der Waals surface area contributed by atoms with Gasteiger partial charge in [0.25, 0.3) is 0 Å². The third-order valence-corrected chi connectivity index (χ3v) is 7.20. The first kappa shape index (κ1) is 22.4. The first-order chi connectivity index (χ1) is 16.5. The summed E-state index contributed by atoms with van der Waals surface area (Å²) >= 11 is 6.35. The van der Waals surface area contributed by atoms with E-state index in [1.54, 1.807) is 30.5 Å². The lowest BCUT2D eigenvalue weighted by molar-refractivity contribution is -0.120. The van der Waals surface area contributed by atoms with Crippen molar-refractivity contribution < 1.29 is 14.3 Å². The van der Waals surface area contributed by atoms with Gasteiger partial charge >= 0.3 is 0 Å². The van der Waals surface area contributed by atoms with E-state index in [4.69, 9.17) is 16.3 Å². The number of methoxy groups -OCH3 is 1. The summed E-state index contributed by atoms with van der Waals surface area (Å²) < 4.78 is 5.62. The van der Waals surface area contributed by atoms with Crippen LogP contribution in [0.1, 0.15) is 47.8 Å². The van der Waals surface area contributed by atoms with Crippen LogP contribution in [0.2, 0.25) is 5.02 Å². The van der Waals surface area contributed by atoms with Crippen LogP contribution in [-0.2, 0) is 9.59 Å². The number of nitrogens with zero attached hydrogens (tertiary/aromatic N) is 2. The maximum absolute atomic E-state index is 13.7. The fourth-order valence-corrected chi connectivity index (χ4v) is 5.28. The van der Waals surface area contributed by atoms with E-state index in [-0.39, 0.29) is 29.9 Å². The molecule has 0 bridgehead atoms. The van der Waals surface area contributed by atoms with Gasteiger partial charge in [-0.1, -0.05) is 48.0 Å². The van der Waals surface area contributed by atoms with Crippen LogP contribution in [0.5, 0.6) is 5.75 Å². The largest absolute Gasteiger partial charge is 0.495 e. The highest BCUT2D eigenvalue weighted by Gasteiger charge is 2.43. The van der Waals surface area contributed by atoms with E-state index in [2.05, 4.69) is 4.98 Å². The van der Waals surface area contributed by atoms with Crippen molar-refractivity contribution in [3.05, 3.63) is 100.0 Å². The van der Waals surface area contributed by atoms with Gasteiger partial charge in [0.1, 0.15) is 5.75 Å². The molecule has 2 unspecified atom stereocenters. The summed E-state index contributed by atoms with van der Waals surface area (Å²) in [5, 5.41) is 0.564. The van der Waals surface area contributed by atoms with Crippen molar-refractivity contribution >= 4 is 29.0 Å². The number of rotatable bonds is 4. The number of carbonyl (C=O) groups excluding carboxylic acids is 2. The lowest BCUT2D eigenvalue weighted by Crippen LogP contribution is -2.42. The highest BCUT2D eigenvalue weighted by atomic mass is 35.5. The average molecular weight is 473 g/mol. The quantitative estimate of drug-likeness (QED) is 0.469. The molecule has 6 heteroatoms. The molecule has 2 atom stereocenters. The van der Waals surface area contributed by atoms with E-state index in [0.717, 1.165) is 22.4 Å². The minimum Gasteiger partial charge on any atom is -0.495 e. The molecule has 3 aromatic rings.